The molecular formula is C29H24O3. The third kappa shape index (κ3) is 3.56. The van der Waals surface area contributed by atoms with E-state index >= 15 is 0 Å². The van der Waals surface area contributed by atoms with Crippen LogP contribution in [0.3, 0.4) is 0 Å². The molecule has 0 amide bonds. The molecule has 3 nitrogen and oxygen atoms in total. The van der Waals surface area contributed by atoms with Gasteiger partial charge in [-0.1, -0.05) is 72.8 Å². The highest BCUT2D eigenvalue weighted by atomic mass is 16.4. The lowest BCUT2D eigenvalue weighted by Gasteiger charge is -2.19. The lowest BCUT2D eigenvalue weighted by molar-refractivity contribution is 0.0699. The predicted molar refractivity (Wildman–Crippen MR) is 131 cm³/mol. The SMILES string of the molecule is O=C(O)c1cccc2ccccc12.Oc1cc2c3c(ccc2c2ccccc12)CCCC3. The molecule has 5 aromatic rings. The summed E-state index contributed by atoms with van der Waals surface area (Å²) in [4.78, 5) is 10.8. The van der Waals surface area contributed by atoms with E-state index in [4.69, 9.17) is 5.11 Å². The van der Waals surface area contributed by atoms with Crippen LogP contribution in [0.1, 0.15) is 34.3 Å². The maximum atomic E-state index is 10.8. The van der Waals surface area contributed by atoms with Crippen LogP contribution in [-0.4, -0.2) is 16.2 Å². The molecule has 0 spiro atoms. The van der Waals surface area contributed by atoms with Crippen molar-refractivity contribution < 1.29 is 15.0 Å². The minimum atomic E-state index is -0.878. The number of carboxylic acids is 1. The number of aromatic carboxylic acids is 1. The van der Waals surface area contributed by atoms with Gasteiger partial charge < -0.3 is 10.2 Å². The molecule has 0 saturated heterocycles. The summed E-state index contributed by atoms with van der Waals surface area (Å²) in [6, 6.07) is 27.3. The van der Waals surface area contributed by atoms with Gasteiger partial charge in [0.1, 0.15) is 5.75 Å². The van der Waals surface area contributed by atoms with E-state index in [1.807, 2.05) is 54.6 Å². The smallest absolute Gasteiger partial charge is 0.336 e. The summed E-state index contributed by atoms with van der Waals surface area (Å²) in [5.74, 6) is -0.473. The number of benzene rings is 5. The maximum Gasteiger partial charge on any atom is 0.336 e. The van der Waals surface area contributed by atoms with Crippen molar-refractivity contribution in [1.29, 1.82) is 0 Å². The summed E-state index contributed by atoms with van der Waals surface area (Å²) < 4.78 is 0. The van der Waals surface area contributed by atoms with Crippen LogP contribution in [0.5, 0.6) is 5.75 Å². The summed E-state index contributed by atoms with van der Waals surface area (Å²) in [6.07, 6.45) is 4.88. The monoisotopic (exact) mass is 420 g/mol. The summed E-state index contributed by atoms with van der Waals surface area (Å²) in [5, 5.41) is 25.5. The molecule has 0 aromatic heterocycles. The molecule has 0 radical (unpaired) electrons. The van der Waals surface area contributed by atoms with Crippen molar-refractivity contribution in [1.82, 2.24) is 0 Å². The minimum Gasteiger partial charge on any atom is -0.507 e. The largest absolute Gasteiger partial charge is 0.507 e. The van der Waals surface area contributed by atoms with E-state index in [1.54, 1.807) is 12.1 Å². The molecule has 158 valence electrons. The van der Waals surface area contributed by atoms with Crippen molar-refractivity contribution in [3.8, 4) is 5.75 Å². The molecule has 0 aliphatic heterocycles. The number of aromatic hydroxyl groups is 1. The molecule has 1 aliphatic carbocycles. The van der Waals surface area contributed by atoms with Gasteiger partial charge in [-0.15, -0.1) is 0 Å². The molecule has 0 unspecified atom stereocenters. The maximum absolute atomic E-state index is 10.8. The Morgan fingerprint density at radius 2 is 1.31 bits per heavy atom. The molecule has 2 N–H and O–H groups in total. The quantitative estimate of drug-likeness (QED) is 0.284. The van der Waals surface area contributed by atoms with E-state index in [0.29, 0.717) is 11.3 Å². The summed E-state index contributed by atoms with van der Waals surface area (Å²) in [5.41, 5.74) is 3.27. The van der Waals surface area contributed by atoms with Gasteiger partial charge in [-0.05, 0) is 75.9 Å². The number of phenolic OH excluding ortho intramolecular Hbond substituents is 1. The average Bonchev–Trinajstić information content (AvgIpc) is 2.84. The van der Waals surface area contributed by atoms with Gasteiger partial charge in [0.05, 0.1) is 5.56 Å². The van der Waals surface area contributed by atoms with Gasteiger partial charge in [-0.25, -0.2) is 4.79 Å². The average molecular weight is 421 g/mol. The number of aryl methyl sites for hydroxylation is 2. The van der Waals surface area contributed by atoms with Crippen molar-refractivity contribution in [3.63, 3.8) is 0 Å². The molecular weight excluding hydrogens is 396 g/mol. The normalized spacial score (nSPS) is 12.9. The lowest BCUT2D eigenvalue weighted by Crippen LogP contribution is -2.03. The van der Waals surface area contributed by atoms with Crippen molar-refractivity contribution in [2.75, 3.05) is 0 Å². The van der Waals surface area contributed by atoms with E-state index in [1.165, 1.54) is 41.2 Å². The number of carboxylic acid groups (broad SMARTS) is 1. The second-order valence-corrected chi connectivity index (χ2v) is 8.28. The van der Waals surface area contributed by atoms with E-state index in [0.717, 1.165) is 28.0 Å². The molecule has 1 aliphatic rings. The zero-order chi connectivity index (χ0) is 22.1. The number of phenols is 1. The summed E-state index contributed by atoms with van der Waals surface area (Å²) >= 11 is 0. The first-order chi connectivity index (χ1) is 15.6. The standard InChI is InChI=1S/C18H16O.C11H8O2/c19-18-11-17-13-6-2-1-5-12(13)9-10-15(17)14-7-3-4-8-16(14)18;12-11(13)10-7-3-5-8-4-1-2-6-9(8)10/h3-4,7-11,19H,1-2,5-6H2;1-7H,(H,12,13). The fraction of sp³-hybridized carbons (Fsp3) is 0.138. The van der Waals surface area contributed by atoms with Crippen LogP contribution in [0, 0.1) is 0 Å². The van der Waals surface area contributed by atoms with Gasteiger partial charge in [-0.2, -0.15) is 0 Å². The van der Waals surface area contributed by atoms with E-state index in [2.05, 4.69) is 18.2 Å². The lowest BCUT2D eigenvalue weighted by atomic mass is 9.86. The first kappa shape index (κ1) is 20.1. The first-order valence-corrected chi connectivity index (χ1v) is 11.0. The Labute approximate surface area is 186 Å². The van der Waals surface area contributed by atoms with Gasteiger partial charge in [0.15, 0.2) is 0 Å². The highest BCUT2D eigenvalue weighted by Crippen LogP contribution is 2.37. The number of rotatable bonds is 1. The van der Waals surface area contributed by atoms with Gasteiger partial charge in [0, 0.05) is 5.39 Å². The molecule has 0 atom stereocenters. The highest BCUT2D eigenvalue weighted by Gasteiger charge is 2.15. The first-order valence-electron chi connectivity index (χ1n) is 11.0. The Bertz CT molecular complexity index is 1460. The van der Waals surface area contributed by atoms with Crippen LogP contribution in [0.15, 0.2) is 84.9 Å². The summed E-state index contributed by atoms with van der Waals surface area (Å²) in [6.45, 7) is 0. The second-order valence-electron chi connectivity index (χ2n) is 8.28. The molecule has 3 heteroatoms. The highest BCUT2D eigenvalue weighted by molar-refractivity contribution is 6.11. The van der Waals surface area contributed by atoms with E-state index < -0.39 is 5.97 Å². The van der Waals surface area contributed by atoms with Crippen LogP contribution < -0.4 is 0 Å². The van der Waals surface area contributed by atoms with Crippen LogP contribution in [0.25, 0.3) is 32.3 Å². The summed E-state index contributed by atoms with van der Waals surface area (Å²) in [7, 11) is 0. The zero-order valence-electron chi connectivity index (χ0n) is 17.7. The van der Waals surface area contributed by atoms with E-state index in [-0.39, 0.29) is 0 Å². The Kier molecular flexibility index (Phi) is 5.24. The molecule has 0 heterocycles. The van der Waals surface area contributed by atoms with Crippen molar-refractivity contribution in [2.45, 2.75) is 25.7 Å². The zero-order valence-corrected chi connectivity index (χ0v) is 17.7. The number of fused-ring (bicyclic) bond motifs is 6. The van der Waals surface area contributed by atoms with Crippen molar-refractivity contribution >= 4 is 38.3 Å². The Hall–Kier alpha value is -3.85. The number of carbonyl (C=O) groups is 1. The van der Waals surface area contributed by atoms with Crippen molar-refractivity contribution in [3.05, 3.63) is 102 Å². The number of hydrogen-bond donors (Lipinski definition) is 2. The molecule has 5 aromatic carbocycles. The van der Waals surface area contributed by atoms with Gasteiger partial charge >= 0.3 is 5.97 Å². The predicted octanol–water partition coefficient (Wildman–Crippen LogP) is 7.12. The fourth-order valence-electron chi connectivity index (χ4n) is 4.82. The Balaban J connectivity index is 0.000000146. The van der Waals surface area contributed by atoms with Crippen molar-refractivity contribution in [2.24, 2.45) is 0 Å². The Morgan fingerprint density at radius 1 is 0.656 bits per heavy atom. The molecule has 6 rings (SSSR count). The number of hydrogen-bond acceptors (Lipinski definition) is 2. The Morgan fingerprint density at radius 3 is 2.12 bits per heavy atom. The molecule has 0 bridgehead atoms. The minimum absolute atomic E-state index is 0.359. The van der Waals surface area contributed by atoms with Gasteiger partial charge in [0.25, 0.3) is 0 Å². The van der Waals surface area contributed by atoms with Gasteiger partial charge in [0.2, 0.25) is 0 Å². The molecule has 0 fully saturated rings. The molecule has 0 saturated carbocycles. The third-order valence-corrected chi connectivity index (χ3v) is 6.37. The second kappa shape index (κ2) is 8.35. The third-order valence-electron chi connectivity index (χ3n) is 6.37. The van der Waals surface area contributed by atoms with E-state index in [9.17, 15) is 9.90 Å². The fourth-order valence-corrected chi connectivity index (χ4v) is 4.82. The van der Waals surface area contributed by atoms with Gasteiger partial charge in [-0.3, -0.25) is 0 Å². The van der Waals surface area contributed by atoms with Crippen LogP contribution >= 0.6 is 0 Å². The van der Waals surface area contributed by atoms with Crippen LogP contribution in [0.2, 0.25) is 0 Å². The molecule has 32 heavy (non-hydrogen) atoms. The van der Waals surface area contributed by atoms with Crippen LogP contribution in [-0.2, 0) is 12.8 Å². The topological polar surface area (TPSA) is 57.5 Å². The van der Waals surface area contributed by atoms with Crippen LogP contribution in [0.4, 0.5) is 0 Å².